The van der Waals surface area contributed by atoms with Crippen molar-refractivity contribution >= 4 is 5.97 Å². The van der Waals surface area contributed by atoms with Crippen molar-refractivity contribution in [3.8, 4) is 0 Å². The summed E-state index contributed by atoms with van der Waals surface area (Å²) in [7, 11) is 0. The molecule has 0 amide bonds. The van der Waals surface area contributed by atoms with Crippen LogP contribution >= 0.6 is 0 Å². The van der Waals surface area contributed by atoms with Crippen molar-refractivity contribution in [3.63, 3.8) is 0 Å². The molecule has 0 spiro atoms. The van der Waals surface area contributed by atoms with Crippen LogP contribution in [0.2, 0.25) is 0 Å². The second kappa shape index (κ2) is 5.47. The van der Waals surface area contributed by atoms with Crippen LogP contribution in [0.25, 0.3) is 0 Å². The van der Waals surface area contributed by atoms with Gasteiger partial charge in [-0.1, -0.05) is 19.8 Å². The van der Waals surface area contributed by atoms with Gasteiger partial charge in [0.05, 0.1) is 0 Å². The van der Waals surface area contributed by atoms with Crippen LogP contribution in [0.4, 0.5) is 0 Å². The van der Waals surface area contributed by atoms with Crippen molar-refractivity contribution in [1.29, 1.82) is 0 Å². The van der Waals surface area contributed by atoms with Crippen LogP contribution in [0.5, 0.6) is 0 Å². The van der Waals surface area contributed by atoms with E-state index in [1.54, 1.807) is 0 Å². The average Bonchev–Trinajstić information content (AvgIpc) is 2.25. The molecule has 1 atom stereocenters. The minimum atomic E-state index is -1.06. The Morgan fingerprint density at radius 1 is 1.53 bits per heavy atom. The molecule has 1 unspecified atom stereocenters. The first-order valence-corrected chi connectivity index (χ1v) is 5.52. The number of carboxylic acids is 1. The van der Waals surface area contributed by atoms with E-state index in [0.29, 0.717) is 18.4 Å². The maximum atomic E-state index is 11.5. The monoisotopic (exact) mass is 240 g/mol. The number of carbonyl (C=O) groups is 1. The number of aromatic nitrogens is 2. The standard InChI is InChI=1S/C11H16N2O4/c1-3-4-5-8(10(15)16)13-6-7(2)9(14)12-11(13)17/h6,8H,3-5H2,1-2H3,(H,15,16)(H,12,14,17). The minimum absolute atomic E-state index is 0.326. The second-order valence-electron chi connectivity index (χ2n) is 3.97. The fraction of sp³-hybridized carbons (Fsp3) is 0.545. The van der Waals surface area contributed by atoms with Gasteiger partial charge in [0.2, 0.25) is 0 Å². The van der Waals surface area contributed by atoms with Gasteiger partial charge in [0.25, 0.3) is 5.56 Å². The molecule has 0 bridgehead atoms. The first kappa shape index (κ1) is 13.2. The SMILES string of the molecule is CCCCC(C(=O)O)n1cc(C)c(=O)[nH]c1=O. The van der Waals surface area contributed by atoms with Gasteiger partial charge in [-0.25, -0.2) is 9.59 Å². The molecule has 0 aromatic carbocycles. The number of hydrogen-bond acceptors (Lipinski definition) is 3. The highest BCUT2D eigenvalue weighted by Gasteiger charge is 2.20. The van der Waals surface area contributed by atoms with E-state index in [1.165, 1.54) is 13.1 Å². The largest absolute Gasteiger partial charge is 0.480 e. The van der Waals surface area contributed by atoms with E-state index in [0.717, 1.165) is 11.0 Å². The molecule has 1 heterocycles. The van der Waals surface area contributed by atoms with Crippen molar-refractivity contribution in [3.05, 3.63) is 32.6 Å². The van der Waals surface area contributed by atoms with Crippen molar-refractivity contribution in [2.75, 3.05) is 0 Å². The molecule has 6 heteroatoms. The number of aromatic amines is 1. The van der Waals surface area contributed by atoms with Gasteiger partial charge in [0.15, 0.2) is 0 Å². The summed E-state index contributed by atoms with van der Waals surface area (Å²) in [6, 6.07) is -0.919. The third-order valence-electron chi connectivity index (χ3n) is 2.60. The quantitative estimate of drug-likeness (QED) is 0.790. The number of rotatable bonds is 5. The molecule has 0 saturated heterocycles. The van der Waals surface area contributed by atoms with Crippen molar-refractivity contribution in [1.82, 2.24) is 9.55 Å². The van der Waals surface area contributed by atoms with E-state index < -0.39 is 23.3 Å². The van der Waals surface area contributed by atoms with Crippen molar-refractivity contribution < 1.29 is 9.90 Å². The number of nitrogens with one attached hydrogen (secondary N) is 1. The van der Waals surface area contributed by atoms with Crippen LogP contribution in [-0.4, -0.2) is 20.6 Å². The Labute approximate surface area is 97.9 Å². The summed E-state index contributed by atoms with van der Waals surface area (Å²) in [5.41, 5.74) is -0.831. The van der Waals surface area contributed by atoms with Gasteiger partial charge in [0.1, 0.15) is 6.04 Å². The van der Waals surface area contributed by atoms with E-state index in [9.17, 15) is 14.4 Å². The maximum absolute atomic E-state index is 11.5. The summed E-state index contributed by atoms with van der Waals surface area (Å²) in [4.78, 5) is 35.9. The highest BCUT2D eigenvalue weighted by molar-refractivity contribution is 5.71. The Bertz CT molecular complexity index is 515. The average molecular weight is 240 g/mol. The van der Waals surface area contributed by atoms with Gasteiger partial charge in [-0.15, -0.1) is 0 Å². The lowest BCUT2D eigenvalue weighted by atomic mass is 10.1. The van der Waals surface area contributed by atoms with Crippen LogP contribution in [0, 0.1) is 6.92 Å². The molecule has 1 rings (SSSR count). The fourth-order valence-corrected chi connectivity index (χ4v) is 1.60. The molecule has 0 fully saturated rings. The van der Waals surface area contributed by atoms with Gasteiger partial charge in [-0.05, 0) is 13.3 Å². The summed E-state index contributed by atoms with van der Waals surface area (Å²) in [5, 5.41) is 9.09. The summed E-state index contributed by atoms with van der Waals surface area (Å²) in [6.45, 7) is 3.48. The first-order valence-electron chi connectivity index (χ1n) is 5.52. The van der Waals surface area contributed by atoms with Gasteiger partial charge in [-0.3, -0.25) is 14.3 Å². The van der Waals surface area contributed by atoms with E-state index in [4.69, 9.17) is 5.11 Å². The van der Waals surface area contributed by atoms with Gasteiger partial charge >= 0.3 is 11.7 Å². The zero-order valence-corrected chi connectivity index (χ0v) is 9.90. The number of H-pyrrole nitrogens is 1. The van der Waals surface area contributed by atoms with E-state index in [2.05, 4.69) is 4.98 Å². The van der Waals surface area contributed by atoms with Crippen molar-refractivity contribution in [2.45, 2.75) is 39.2 Å². The maximum Gasteiger partial charge on any atom is 0.329 e. The molecule has 0 aliphatic heterocycles. The molecule has 1 aromatic heterocycles. The molecular formula is C11H16N2O4. The number of carboxylic acid groups (broad SMARTS) is 1. The molecule has 17 heavy (non-hydrogen) atoms. The second-order valence-corrected chi connectivity index (χ2v) is 3.97. The smallest absolute Gasteiger partial charge is 0.329 e. The van der Waals surface area contributed by atoms with Crippen LogP contribution in [0.3, 0.4) is 0 Å². The third kappa shape index (κ3) is 3.05. The predicted octanol–water partition coefficient (Wildman–Crippen LogP) is 0.661. The molecule has 1 aromatic rings. The first-order chi connectivity index (χ1) is 7.97. The summed E-state index contributed by atoms with van der Waals surface area (Å²) >= 11 is 0. The van der Waals surface area contributed by atoms with Gasteiger partial charge < -0.3 is 5.11 Å². The van der Waals surface area contributed by atoms with Crippen molar-refractivity contribution in [2.24, 2.45) is 0 Å². The number of unbranched alkanes of at least 4 members (excludes halogenated alkanes) is 1. The van der Waals surface area contributed by atoms with Gasteiger partial charge in [0, 0.05) is 11.8 Å². The lowest BCUT2D eigenvalue weighted by Gasteiger charge is -2.14. The van der Waals surface area contributed by atoms with Crippen LogP contribution in [-0.2, 0) is 4.79 Å². The molecule has 0 aliphatic carbocycles. The molecule has 0 saturated carbocycles. The fourth-order valence-electron chi connectivity index (χ4n) is 1.60. The highest BCUT2D eigenvalue weighted by atomic mass is 16.4. The molecule has 2 N–H and O–H groups in total. The summed E-state index contributed by atoms with van der Waals surface area (Å²) in [6.07, 6.45) is 3.23. The minimum Gasteiger partial charge on any atom is -0.480 e. The zero-order chi connectivity index (χ0) is 13.0. The van der Waals surface area contributed by atoms with E-state index >= 15 is 0 Å². The van der Waals surface area contributed by atoms with Crippen LogP contribution in [0.1, 0.15) is 37.8 Å². The predicted molar refractivity (Wildman–Crippen MR) is 62.3 cm³/mol. The lowest BCUT2D eigenvalue weighted by Crippen LogP contribution is -2.36. The number of aliphatic carboxylic acids is 1. The van der Waals surface area contributed by atoms with E-state index in [1.807, 2.05) is 6.92 Å². The Hall–Kier alpha value is -1.85. The molecular weight excluding hydrogens is 224 g/mol. The molecule has 6 nitrogen and oxygen atoms in total. The Morgan fingerprint density at radius 3 is 2.71 bits per heavy atom. The molecule has 0 aliphatic rings. The molecule has 0 radical (unpaired) electrons. The third-order valence-corrected chi connectivity index (χ3v) is 2.60. The highest BCUT2D eigenvalue weighted by Crippen LogP contribution is 2.13. The number of nitrogens with zero attached hydrogens (tertiary/aromatic N) is 1. The summed E-state index contributed by atoms with van der Waals surface area (Å²) < 4.78 is 1.08. The zero-order valence-electron chi connectivity index (χ0n) is 9.90. The summed E-state index contributed by atoms with van der Waals surface area (Å²) in [5.74, 6) is -1.06. The Morgan fingerprint density at radius 2 is 2.18 bits per heavy atom. The van der Waals surface area contributed by atoms with Crippen LogP contribution in [0.15, 0.2) is 15.8 Å². The van der Waals surface area contributed by atoms with Crippen LogP contribution < -0.4 is 11.2 Å². The number of hydrogen-bond donors (Lipinski definition) is 2. The van der Waals surface area contributed by atoms with E-state index in [-0.39, 0.29) is 0 Å². The Kier molecular flexibility index (Phi) is 4.25. The number of aryl methyl sites for hydroxylation is 1. The van der Waals surface area contributed by atoms with Gasteiger partial charge in [-0.2, -0.15) is 0 Å². The lowest BCUT2D eigenvalue weighted by molar-refractivity contribution is -0.141. The normalized spacial score (nSPS) is 12.4. The molecule has 94 valence electrons. The topological polar surface area (TPSA) is 92.2 Å². The Balaban J connectivity index is 3.19.